The number of carbonyl (C=O) groups is 2. The van der Waals surface area contributed by atoms with Crippen molar-refractivity contribution in [2.45, 2.75) is 111 Å². The molecular formula is C35H54N2O4SSi. The Morgan fingerprint density at radius 2 is 1.72 bits per heavy atom. The van der Waals surface area contributed by atoms with Crippen molar-refractivity contribution >= 4 is 42.5 Å². The van der Waals surface area contributed by atoms with Crippen LogP contribution in [0.2, 0.25) is 25.7 Å². The normalized spacial score (nSPS) is 19.6. The fourth-order valence-electron chi connectivity index (χ4n) is 5.64. The van der Waals surface area contributed by atoms with Crippen molar-refractivity contribution in [3.05, 3.63) is 51.3 Å². The molecule has 2 fully saturated rings. The van der Waals surface area contributed by atoms with Gasteiger partial charge in [-0.25, -0.2) is 4.99 Å². The molecule has 43 heavy (non-hydrogen) atoms. The Kier molecular flexibility index (Phi) is 13.4. The Morgan fingerprint density at radius 1 is 1.07 bits per heavy atom. The van der Waals surface area contributed by atoms with Gasteiger partial charge in [-0.3, -0.25) is 9.59 Å². The smallest absolute Gasteiger partial charge is 0.263 e. The Labute approximate surface area is 265 Å². The monoisotopic (exact) mass is 626 g/mol. The zero-order valence-electron chi connectivity index (χ0n) is 27.6. The summed E-state index contributed by atoms with van der Waals surface area (Å²) in [7, 11) is -1.16. The van der Waals surface area contributed by atoms with E-state index < -0.39 is 13.5 Å². The third kappa shape index (κ3) is 10.2. The number of rotatable bonds is 13. The maximum Gasteiger partial charge on any atom is 0.263 e. The van der Waals surface area contributed by atoms with E-state index in [9.17, 15) is 14.7 Å². The quantitative estimate of drug-likeness (QED) is 0.103. The van der Waals surface area contributed by atoms with Crippen LogP contribution in [0.15, 0.2) is 46.5 Å². The van der Waals surface area contributed by atoms with Crippen LogP contribution in [0.3, 0.4) is 0 Å². The number of hydrogen-bond donors (Lipinski definition) is 1. The molecule has 2 heterocycles. The lowest BCUT2D eigenvalue weighted by molar-refractivity contribution is -0.125. The Morgan fingerprint density at radius 3 is 2.33 bits per heavy atom. The summed E-state index contributed by atoms with van der Waals surface area (Å²) in [6.45, 7) is 17.6. The summed E-state index contributed by atoms with van der Waals surface area (Å²) >= 11 is 1.44. The van der Waals surface area contributed by atoms with Gasteiger partial charge in [0.15, 0.2) is 5.78 Å². The minimum atomic E-state index is -1.16. The van der Waals surface area contributed by atoms with Crippen LogP contribution in [0, 0.1) is 5.41 Å². The SMILES string of the molecule is CC=C(C)C(=N\C(=C/C)c1ccc(C(=O)N2CCC(O)CC2)s1)/C(=C\CCOCC[Si](C)(C)C)C(=O)C1(C)CCCCC1. The minimum Gasteiger partial charge on any atom is -0.393 e. The standard InChI is InChI=1S/C35H54N2O4SSi/c1-8-26(3)32(36-29(9-2)30-15-16-31(42-30)34(40)37-21-17-27(38)18-22-37)28(14-13-23-41-24-25-43(5,6)7)33(39)35(4)19-11-10-12-20-35/h8-9,14-16,27,38H,10-13,17-25H2,1-7H3/b26-8?,28-14+,29-9-,36-32+. The van der Waals surface area contributed by atoms with Crippen molar-refractivity contribution < 1.29 is 19.4 Å². The highest BCUT2D eigenvalue weighted by atomic mass is 32.1. The van der Waals surface area contributed by atoms with Crippen molar-refractivity contribution in [3.63, 3.8) is 0 Å². The first-order chi connectivity index (χ1) is 20.4. The van der Waals surface area contributed by atoms with Crippen molar-refractivity contribution in [1.82, 2.24) is 4.90 Å². The number of allylic oxidation sites excluding steroid dienone is 4. The van der Waals surface area contributed by atoms with E-state index in [1.807, 2.05) is 50.0 Å². The molecule has 8 heteroatoms. The molecule has 2 aliphatic rings. The summed E-state index contributed by atoms with van der Waals surface area (Å²) in [6, 6.07) is 4.95. The fourth-order valence-corrected chi connectivity index (χ4v) is 7.39. The van der Waals surface area contributed by atoms with E-state index in [1.165, 1.54) is 17.8 Å². The number of hydrogen-bond acceptors (Lipinski definition) is 6. The highest BCUT2D eigenvalue weighted by molar-refractivity contribution is 7.15. The summed E-state index contributed by atoms with van der Waals surface area (Å²) in [5.41, 5.74) is 2.72. The molecule has 0 unspecified atom stereocenters. The van der Waals surface area contributed by atoms with Gasteiger partial charge in [0.2, 0.25) is 0 Å². The lowest BCUT2D eigenvalue weighted by Crippen LogP contribution is -2.39. The number of amides is 1. The number of piperidine rings is 1. The molecule has 1 N–H and O–H groups in total. The lowest BCUT2D eigenvalue weighted by Gasteiger charge is -2.33. The third-order valence-electron chi connectivity index (χ3n) is 8.75. The molecule has 1 aliphatic carbocycles. The molecular weight excluding hydrogens is 573 g/mol. The molecule has 0 atom stereocenters. The van der Waals surface area contributed by atoms with E-state index in [1.54, 1.807) is 0 Å². The Bertz CT molecular complexity index is 1220. The zero-order chi connectivity index (χ0) is 31.6. The molecule has 0 aromatic carbocycles. The number of aliphatic hydroxyl groups is 1. The fraction of sp³-hybridized carbons (Fsp3) is 0.629. The van der Waals surface area contributed by atoms with Gasteiger partial charge in [-0.2, -0.15) is 0 Å². The van der Waals surface area contributed by atoms with E-state index in [0.29, 0.717) is 55.1 Å². The van der Waals surface area contributed by atoms with Crippen LogP contribution in [0.1, 0.15) is 93.6 Å². The zero-order valence-corrected chi connectivity index (χ0v) is 29.4. The van der Waals surface area contributed by atoms with Crippen molar-refractivity contribution in [1.29, 1.82) is 0 Å². The molecule has 1 aromatic rings. The van der Waals surface area contributed by atoms with Crippen LogP contribution in [0.25, 0.3) is 5.70 Å². The average Bonchev–Trinajstić information content (AvgIpc) is 3.47. The van der Waals surface area contributed by atoms with Crippen LogP contribution >= 0.6 is 11.3 Å². The number of aliphatic hydroxyl groups excluding tert-OH is 1. The van der Waals surface area contributed by atoms with E-state index in [2.05, 4.69) is 32.6 Å². The first-order valence-electron chi connectivity index (χ1n) is 16.2. The lowest BCUT2D eigenvalue weighted by atomic mass is 9.70. The summed E-state index contributed by atoms with van der Waals surface area (Å²) in [5.74, 6) is 0.182. The van der Waals surface area contributed by atoms with Gasteiger partial charge in [0.1, 0.15) is 0 Å². The predicted octanol–water partition coefficient (Wildman–Crippen LogP) is 8.32. The van der Waals surface area contributed by atoms with Gasteiger partial charge >= 0.3 is 0 Å². The summed E-state index contributed by atoms with van der Waals surface area (Å²) in [6.07, 6.45) is 12.8. The van der Waals surface area contributed by atoms with Gasteiger partial charge in [-0.05, 0) is 76.6 Å². The number of thiophene rings is 1. The molecule has 238 valence electrons. The number of Topliss-reactive ketones (excluding diaryl/α,β-unsaturated/α-hetero) is 1. The average molecular weight is 627 g/mol. The second-order valence-electron chi connectivity index (χ2n) is 13.6. The minimum absolute atomic E-state index is 0.00236. The van der Waals surface area contributed by atoms with Gasteiger partial charge in [0.25, 0.3) is 5.91 Å². The van der Waals surface area contributed by atoms with Gasteiger partial charge < -0.3 is 14.7 Å². The molecule has 0 radical (unpaired) electrons. The molecule has 0 bridgehead atoms. The van der Waals surface area contributed by atoms with Crippen LogP contribution in [-0.4, -0.2) is 67.9 Å². The van der Waals surface area contributed by atoms with E-state index in [0.717, 1.165) is 54.5 Å². The van der Waals surface area contributed by atoms with Crippen LogP contribution in [0.5, 0.6) is 0 Å². The molecule has 0 spiro atoms. The van der Waals surface area contributed by atoms with Crippen LogP contribution < -0.4 is 0 Å². The summed E-state index contributed by atoms with van der Waals surface area (Å²) < 4.78 is 5.99. The molecule has 1 aliphatic heterocycles. The summed E-state index contributed by atoms with van der Waals surface area (Å²) in [5, 5.41) is 9.85. The number of likely N-dealkylation sites (tertiary alicyclic amines) is 1. The highest BCUT2D eigenvalue weighted by Crippen LogP contribution is 2.39. The number of carbonyl (C=O) groups excluding carboxylic acids is 2. The summed E-state index contributed by atoms with van der Waals surface area (Å²) in [4.78, 5) is 36.1. The highest BCUT2D eigenvalue weighted by Gasteiger charge is 2.37. The molecule has 1 aromatic heterocycles. The topological polar surface area (TPSA) is 79.2 Å². The van der Waals surface area contributed by atoms with Crippen LogP contribution in [0.4, 0.5) is 0 Å². The van der Waals surface area contributed by atoms with Crippen molar-refractivity contribution in [2.75, 3.05) is 26.3 Å². The maximum atomic E-state index is 14.3. The number of ketones is 1. The number of nitrogens with zero attached hydrogens (tertiary/aromatic N) is 2. The molecule has 1 saturated heterocycles. The van der Waals surface area contributed by atoms with Gasteiger partial charge in [-0.1, -0.05) is 64.1 Å². The van der Waals surface area contributed by atoms with E-state index >= 15 is 0 Å². The maximum absolute atomic E-state index is 14.3. The van der Waals surface area contributed by atoms with E-state index in [4.69, 9.17) is 9.73 Å². The third-order valence-corrected chi connectivity index (χ3v) is 11.5. The van der Waals surface area contributed by atoms with Crippen LogP contribution in [-0.2, 0) is 9.53 Å². The second-order valence-corrected chi connectivity index (χ2v) is 20.3. The van der Waals surface area contributed by atoms with Gasteiger partial charge in [-0.15, -0.1) is 11.3 Å². The first-order valence-corrected chi connectivity index (χ1v) is 20.7. The molecule has 1 amide bonds. The molecule has 6 nitrogen and oxygen atoms in total. The van der Waals surface area contributed by atoms with Gasteiger partial charge in [0.05, 0.1) is 33.9 Å². The Balaban J connectivity index is 1.92. The molecule has 3 rings (SSSR count). The Hall–Kier alpha value is -2.13. The van der Waals surface area contributed by atoms with Crippen molar-refractivity contribution in [3.8, 4) is 0 Å². The predicted molar refractivity (Wildman–Crippen MR) is 184 cm³/mol. The van der Waals surface area contributed by atoms with Crippen molar-refractivity contribution in [2.24, 2.45) is 10.4 Å². The number of ether oxygens (including phenoxy) is 1. The first kappa shape index (κ1) is 35.3. The molecule has 1 saturated carbocycles. The second kappa shape index (κ2) is 16.3. The van der Waals surface area contributed by atoms with Gasteiger partial charge in [0, 0.05) is 38.8 Å². The largest absolute Gasteiger partial charge is 0.393 e. The number of aliphatic imine (C=N–C) groups is 1. The van der Waals surface area contributed by atoms with E-state index in [-0.39, 0.29) is 17.8 Å².